The highest BCUT2D eigenvalue weighted by Crippen LogP contribution is 2.27. The topological polar surface area (TPSA) is 78.4 Å². The number of aliphatic carboxylic acids is 1. The van der Waals surface area contributed by atoms with Gasteiger partial charge >= 0.3 is 5.97 Å². The summed E-state index contributed by atoms with van der Waals surface area (Å²) >= 11 is 0. The molecule has 1 rings (SSSR count). The maximum atomic E-state index is 12.2. The lowest BCUT2D eigenvalue weighted by Gasteiger charge is -2.26. The maximum Gasteiger partial charge on any atom is 0.316 e. The van der Waals surface area contributed by atoms with Gasteiger partial charge in [-0.1, -0.05) is 32.9 Å². The molecule has 1 unspecified atom stereocenters. The van der Waals surface area contributed by atoms with E-state index in [0.29, 0.717) is 12.2 Å². The molecule has 0 saturated heterocycles. The van der Waals surface area contributed by atoms with Crippen molar-refractivity contribution in [1.29, 1.82) is 0 Å². The number of hydrogen-bond acceptors (Lipinski definition) is 3. The molecule has 0 aliphatic rings. The van der Waals surface area contributed by atoms with Crippen LogP contribution in [0.15, 0.2) is 24.3 Å². The van der Waals surface area contributed by atoms with E-state index in [9.17, 15) is 14.7 Å². The molecule has 5 nitrogen and oxygen atoms in total. The summed E-state index contributed by atoms with van der Waals surface area (Å²) in [6.45, 7) is 5.90. The van der Waals surface area contributed by atoms with Gasteiger partial charge in [-0.2, -0.15) is 0 Å². The quantitative estimate of drug-likeness (QED) is 0.721. The number of amides is 1. The van der Waals surface area contributed by atoms with Crippen molar-refractivity contribution in [2.24, 2.45) is 11.3 Å². The summed E-state index contributed by atoms with van der Waals surface area (Å²) in [6.07, 6.45) is 0. The van der Waals surface area contributed by atoms with Crippen molar-refractivity contribution in [2.75, 3.05) is 12.4 Å². The standard InChI is InChI=1S/C15H22N2O3/c1-15(2,3)12(14(19)20)13(18)17-11-7-5-6-10(8-11)9-16-4/h5-8,12,16H,9H2,1-4H3,(H,17,18)(H,19,20). The van der Waals surface area contributed by atoms with Crippen LogP contribution in [-0.2, 0) is 16.1 Å². The molecule has 3 N–H and O–H groups in total. The normalized spacial score (nSPS) is 12.8. The largest absolute Gasteiger partial charge is 0.481 e. The number of anilines is 1. The van der Waals surface area contributed by atoms with Gasteiger partial charge in [0.2, 0.25) is 5.91 Å². The Morgan fingerprint density at radius 2 is 1.95 bits per heavy atom. The van der Waals surface area contributed by atoms with Gasteiger partial charge in [-0.25, -0.2) is 0 Å². The lowest BCUT2D eigenvalue weighted by molar-refractivity contribution is -0.149. The SMILES string of the molecule is CNCc1cccc(NC(=O)C(C(=O)O)C(C)(C)C)c1. The van der Waals surface area contributed by atoms with Gasteiger partial charge in [0.05, 0.1) is 0 Å². The van der Waals surface area contributed by atoms with Crippen molar-refractivity contribution < 1.29 is 14.7 Å². The Balaban J connectivity index is 2.88. The molecule has 1 atom stereocenters. The molecule has 1 aromatic rings. The summed E-state index contributed by atoms with van der Waals surface area (Å²) in [6, 6.07) is 7.34. The van der Waals surface area contributed by atoms with Crippen LogP contribution >= 0.6 is 0 Å². The summed E-state index contributed by atoms with van der Waals surface area (Å²) < 4.78 is 0. The van der Waals surface area contributed by atoms with Crippen LogP contribution in [0.5, 0.6) is 0 Å². The average Bonchev–Trinajstić information content (AvgIpc) is 2.26. The molecule has 0 aliphatic heterocycles. The van der Waals surface area contributed by atoms with Crippen molar-refractivity contribution in [3.05, 3.63) is 29.8 Å². The van der Waals surface area contributed by atoms with Gasteiger partial charge in [0, 0.05) is 12.2 Å². The predicted octanol–water partition coefficient (Wildman–Crippen LogP) is 2.09. The summed E-state index contributed by atoms with van der Waals surface area (Å²) in [7, 11) is 1.84. The monoisotopic (exact) mass is 278 g/mol. The number of carbonyl (C=O) groups is 2. The molecular weight excluding hydrogens is 256 g/mol. The van der Waals surface area contributed by atoms with Gasteiger partial charge in [0.25, 0.3) is 0 Å². The highest BCUT2D eigenvalue weighted by Gasteiger charge is 2.37. The molecule has 0 aromatic heterocycles. The summed E-state index contributed by atoms with van der Waals surface area (Å²) in [5.74, 6) is -2.69. The number of carboxylic acid groups (broad SMARTS) is 1. The van der Waals surface area contributed by atoms with Gasteiger partial charge in [-0.05, 0) is 30.2 Å². The van der Waals surface area contributed by atoms with E-state index in [-0.39, 0.29) is 0 Å². The van der Waals surface area contributed by atoms with E-state index in [1.54, 1.807) is 26.8 Å². The lowest BCUT2D eigenvalue weighted by Crippen LogP contribution is -2.39. The molecule has 110 valence electrons. The van der Waals surface area contributed by atoms with E-state index in [0.717, 1.165) is 5.56 Å². The van der Waals surface area contributed by atoms with E-state index in [2.05, 4.69) is 10.6 Å². The van der Waals surface area contributed by atoms with Crippen LogP contribution in [0.2, 0.25) is 0 Å². The molecule has 0 saturated carbocycles. The molecule has 0 heterocycles. The third-order valence-corrected chi connectivity index (χ3v) is 2.95. The Kier molecular flexibility index (Phi) is 5.27. The highest BCUT2D eigenvalue weighted by molar-refractivity contribution is 6.04. The zero-order valence-corrected chi connectivity index (χ0v) is 12.4. The number of nitrogens with one attached hydrogen (secondary N) is 2. The molecule has 1 amide bonds. The fourth-order valence-electron chi connectivity index (χ4n) is 2.05. The van der Waals surface area contributed by atoms with Gasteiger partial charge in [-0.15, -0.1) is 0 Å². The number of rotatable bonds is 5. The lowest BCUT2D eigenvalue weighted by atomic mass is 9.80. The van der Waals surface area contributed by atoms with E-state index in [1.807, 2.05) is 25.2 Å². The van der Waals surface area contributed by atoms with Crippen molar-refractivity contribution >= 4 is 17.6 Å². The fourth-order valence-corrected chi connectivity index (χ4v) is 2.05. The number of carbonyl (C=O) groups excluding carboxylic acids is 1. The maximum absolute atomic E-state index is 12.2. The van der Waals surface area contributed by atoms with Crippen molar-refractivity contribution in [3.8, 4) is 0 Å². The Morgan fingerprint density at radius 3 is 2.45 bits per heavy atom. The van der Waals surface area contributed by atoms with Crippen LogP contribution in [0.3, 0.4) is 0 Å². The van der Waals surface area contributed by atoms with E-state index in [1.165, 1.54) is 0 Å². The van der Waals surface area contributed by atoms with Crippen LogP contribution in [0.4, 0.5) is 5.69 Å². The molecular formula is C15H22N2O3. The average molecular weight is 278 g/mol. The zero-order valence-electron chi connectivity index (χ0n) is 12.4. The van der Waals surface area contributed by atoms with Crippen LogP contribution in [0.1, 0.15) is 26.3 Å². The molecule has 0 bridgehead atoms. The first-order valence-electron chi connectivity index (χ1n) is 6.53. The Bertz CT molecular complexity index is 492. The van der Waals surface area contributed by atoms with E-state index in [4.69, 9.17) is 0 Å². The zero-order chi connectivity index (χ0) is 15.3. The molecule has 0 aliphatic carbocycles. The minimum absolute atomic E-state index is 0.494. The molecule has 1 aromatic carbocycles. The molecule has 20 heavy (non-hydrogen) atoms. The molecule has 0 fully saturated rings. The second-order valence-electron chi connectivity index (χ2n) is 5.86. The third kappa shape index (κ3) is 4.35. The summed E-state index contributed by atoms with van der Waals surface area (Å²) in [5.41, 5.74) is 0.990. The fraction of sp³-hybridized carbons (Fsp3) is 0.467. The van der Waals surface area contributed by atoms with Gasteiger partial charge in [0.15, 0.2) is 0 Å². The number of benzene rings is 1. The minimum Gasteiger partial charge on any atom is -0.481 e. The Labute approximate surface area is 119 Å². The predicted molar refractivity (Wildman–Crippen MR) is 78.4 cm³/mol. The van der Waals surface area contributed by atoms with E-state index >= 15 is 0 Å². The highest BCUT2D eigenvalue weighted by atomic mass is 16.4. The molecule has 5 heteroatoms. The summed E-state index contributed by atoms with van der Waals surface area (Å²) in [5, 5.41) is 14.9. The summed E-state index contributed by atoms with van der Waals surface area (Å²) in [4.78, 5) is 23.4. The first kappa shape index (κ1) is 16.2. The van der Waals surface area contributed by atoms with Gasteiger partial charge in [0.1, 0.15) is 5.92 Å². The molecule has 0 radical (unpaired) electrons. The van der Waals surface area contributed by atoms with Crippen LogP contribution < -0.4 is 10.6 Å². The van der Waals surface area contributed by atoms with Crippen molar-refractivity contribution in [3.63, 3.8) is 0 Å². The Hall–Kier alpha value is -1.88. The van der Waals surface area contributed by atoms with E-state index < -0.39 is 23.2 Å². The number of hydrogen-bond donors (Lipinski definition) is 3. The van der Waals surface area contributed by atoms with Crippen molar-refractivity contribution in [1.82, 2.24) is 5.32 Å². The smallest absolute Gasteiger partial charge is 0.316 e. The third-order valence-electron chi connectivity index (χ3n) is 2.95. The first-order chi connectivity index (χ1) is 9.25. The number of carboxylic acids is 1. The van der Waals surface area contributed by atoms with Crippen LogP contribution in [0, 0.1) is 11.3 Å². The van der Waals surface area contributed by atoms with Crippen LogP contribution in [-0.4, -0.2) is 24.0 Å². The second kappa shape index (κ2) is 6.52. The van der Waals surface area contributed by atoms with Gasteiger partial charge < -0.3 is 15.7 Å². The minimum atomic E-state index is -1.11. The Morgan fingerprint density at radius 1 is 1.30 bits per heavy atom. The van der Waals surface area contributed by atoms with Crippen LogP contribution in [0.25, 0.3) is 0 Å². The second-order valence-corrected chi connectivity index (χ2v) is 5.86. The van der Waals surface area contributed by atoms with Crippen molar-refractivity contribution in [2.45, 2.75) is 27.3 Å². The molecule has 0 spiro atoms. The van der Waals surface area contributed by atoms with Gasteiger partial charge in [-0.3, -0.25) is 9.59 Å². The first-order valence-corrected chi connectivity index (χ1v) is 6.53.